The number of carbonyl (C=O) groups is 1. The molecule has 0 fully saturated rings. The van der Waals surface area contributed by atoms with Crippen LogP contribution in [0.4, 0.5) is 5.69 Å². The second kappa shape index (κ2) is 7.16. The third kappa shape index (κ3) is 4.12. The quantitative estimate of drug-likeness (QED) is 0.416. The summed E-state index contributed by atoms with van der Waals surface area (Å²) in [5.74, 6) is -1.25. The van der Waals surface area contributed by atoms with Crippen molar-refractivity contribution in [3.63, 3.8) is 0 Å². The minimum absolute atomic E-state index is 0.0430. The predicted octanol–water partition coefficient (Wildman–Crippen LogP) is 3.72. The van der Waals surface area contributed by atoms with Gasteiger partial charge in [-0.3, -0.25) is 9.52 Å². The first kappa shape index (κ1) is 18.8. The molecule has 0 aliphatic heterocycles. The van der Waals surface area contributed by atoms with Crippen LogP contribution in [0, 0.1) is 0 Å². The molecule has 6 nitrogen and oxygen atoms in total. The van der Waals surface area contributed by atoms with Crippen molar-refractivity contribution in [1.29, 1.82) is 0 Å². The van der Waals surface area contributed by atoms with Crippen molar-refractivity contribution in [3.8, 4) is 5.75 Å². The molecule has 132 valence electrons. The van der Waals surface area contributed by atoms with Gasteiger partial charge in [-0.25, -0.2) is 8.42 Å². The Balaban J connectivity index is 2.55. The first-order chi connectivity index (χ1) is 11.6. The molecule has 0 bridgehead atoms. The molecule has 0 spiro atoms. The Hall–Kier alpha value is -2.51. The largest absolute Gasteiger partial charge is 0.512 e. The van der Waals surface area contributed by atoms with Crippen LogP contribution in [-0.4, -0.2) is 24.4 Å². The van der Waals surface area contributed by atoms with Gasteiger partial charge >= 0.3 is 0 Å². The van der Waals surface area contributed by atoms with Gasteiger partial charge in [-0.1, -0.05) is 29.8 Å². The van der Waals surface area contributed by atoms with Gasteiger partial charge in [0.2, 0.25) is 0 Å². The highest BCUT2D eigenvalue weighted by molar-refractivity contribution is 7.92. The SMILES string of the molecule is CC(=O)C(=C(C)O)c1cc(NS(=O)(=O)c2ccccc2)cc(Cl)c1O. The summed E-state index contributed by atoms with van der Waals surface area (Å²) >= 11 is 5.95. The van der Waals surface area contributed by atoms with Crippen LogP contribution in [0.15, 0.2) is 53.1 Å². The fraction of sp³-hybridized carbons (Fsp3) is 0.118. The average Bonchev–Trinajstić information content (AvgIpc) is 2.52. The number of hydrogen-bond acceptors (Lipinski definition) is 5. The molecule has 0 saturated heterocycles. The molecule has 2 aromatic rings. The van der Waals surface area contributed by atoms with E-state index in [0.29, 0.717) is 0 Å². The number of hydrogen-bond donors (Lipinski definition) is 3. The van der Waals surface area contributed by atoms with Crippen molar-refractivity contribution in [3.05, 3.63) is 58.8 Å². The molecule has 0 aromatic heterocycles. The van der Waals surface area contributed by atoms with E-state index in [1.54, 1.807) is 18.2 Å². The maximum absolute atomic E-state index is 12.4. The van der Waals surface area contributed by atoms with Crippen molar-refractivity contribution < 1.29 is 23.4 Å². The zero-order valence-corrected chi connectivity index (χ0v) is 15.0. The number of aliphatic hydroxyl groups is 1. The Morgan fingerprint density at radius 2 is 1.72 bits per heavy atom. The van der Waals surface area contributed by atoms with E-state index in [2.05, 4.69) is 4.72 Å². The molecule has 2 rings (SSSR count). The Morgan fingerprint density at radius 1 is 1.12 bits per heavy atom. The third-order valence-electron chi connectivity index (χ3n) is 3.35. The molecule has 8 heteroatoms. The van der Waals surface area contributed by atoms with Crippen molar-refractivity contribution in [2.24, 2.45) is 0 Å². The van der Waals surface area contributed by atoms with Crippen LogP contribution in [-0.2, 0) is 14.8 Å². The third-order valence-corrected chi connectivity index (χ3v) is 5.04. The number of anilines is 1. The zero-order valence-electron chi connectivity index (χ0n) is 13.4. The van der Waals surface area contributed by atoms with Gasteiger partial charge in [-0.2, -0.15) is 0 Å². The van der Waals surface area contributed by atoms with Gasteiger partial charge < -0.3 is 10.2 Å². The Kier molecular flexibility index (Phi) is 5.39. The smallest absolute Gasteiger partial charge is 0.261 e. The van der Waals surface area contributed by atoms with E-state index < -0.39 is 21.6 Å². The van der Waals surface area contributed by atoms with E-state index in [1.165, 1.54) is 38.1 Å². The lowest BCUT2D eigenvalue weighted by Crippen LogP contribution is -2.13. The first-order valence-corrected chi connectivity index (χ1v) is 9.01. The van der Waals surface area contributed by atoms with E-state index in [0.717, 1.165) is 0 Å². The van der Waals surface area contributed by atoms with Gasteiger partial charge in [0.1, 0.15) is 11.5 Å². The molecular weight excluding hydrogens is 366 g/mol. The summed E-state index contributed by atoms with van der Waals surface area (Å²) in [6.45, 7) is 2.49. The van der Waals surface area contributed by atoms with Crippen molar-refractivity contribution in [1.82, 2.24) is 0 Å². The number of phenolic OH excluding ortho intramolecular Hbond substituents is 1. The molecule has 25 heavy (non-hydrogen) atoms. The van der Waals surface area contributed by atoms with Crippen LogP contribution in [0.5, 0.6) is 5.75 Å². The lowest BCUT2D eigenvalue weighted by Gasteiger charge is -2.14. The Labute approximate surface area is 150 Å². The van der Waals surface area contributed by atoms with E-state index in [1.807, 2.05) is 0 Å². The highest BCUT2D eigenvalue weighted by Crippen LogP contribution is 2.37. The Bertz CT molecular complexity index is 949. The normalized spacial score (nSPS) is 12.4. The lowest BCUT2D eigenvalue weighted by molar-refractivity contribution is -0.111. The fourth-order valence-electron chi connectivity index (χ4n) is 2.30. The maximum atomic E-state index is 12.4. The first-order valence-electron chi connectivity index (χ1n) is 7.15. The zero-order chi connectivity index (χ0) is 18.8. The van der Waals surface area contributed by atoms with Crippen LogP contribution in [0.2, 0.25) is 5.02 Å². The van der Waals surface area contributed by atoms with E-state index in [-0.39, 0.29) is 32.5 Å². The number of allylic oxidation sites excluding steroid dienone is 2. The highest BCUT2D eigenvalue weighted by Gasteiger charge is 2.21. The van der Waals surface area contributed by atoms with Gasteiger partial charge in [0.25, 0.3) is 10.0 Å². The summed E-state index contributed by atoms with van der Waals surface area (Å²) in [5, 5.41) is 19.7. The number of aromatic hydroxyl groups is 1. The molecule has 0 amide bonds. The second-order valence-electron chi connectivity index (χ2n) is 5.29. The standard InChI is InChI=1S/C17H16ClNO5S/c1-10(20)16(11(2)21)14-8-12(9-15(18)17(14)22)19-25(23,24)13-6-4-3-5-7-13/h3-9,19-20,22H,1-2H3. The number of sulfonamides is 1. The molecule has 0 aliphatic rings. The molecule has 0 aliphatic carbocycles. The van der Waals surface area contributed by atoms with Gasteiger partial charge in [0.05, 0.1) is 21.2 Å². The molecular formula is C17H16ClNO5S. The molecule has 0 saturated carbocycles. The molecule has 3 N–H and O–H groups in total. The highest BCUT2D eigenvalue weighted by atomic mass is 35.5. The summed E-state index contributed by atoms with van der Waals surface area (Å²) in [4.78, 5) is 11.8. The topological polar surface area (TPSA) is 104 Å². The molecule has 0 unspecified atom stereocenters. The summed E-state index contributed by atoms with van der Waals surface area (Å²) in [6.07, 6.45) is 0. The summed E-state index contributed by atoms with van der Waals surface area (Å²) < 4.78 is 27.1. The van der Waals surface area contributed by atoms with Crippen LogP contribution < -0.4 is 4.72 Å². The number of phenols is 1. The van der Waals surface area contributed by atoms with E-state index >= 15 is 0 Å². The fourth-order valence-corrected chi connectivity index (χ4v) is 3.58. The van der Waals surface area contributed by atoms with Crippen LogP contribution >= 0.6 is 11.6 Å². The van der Waals surface area contributed by atoms with Gasteiger partial charge in [0.15, 0.2) is 5.78 Å². The Morgan fingerprint density at radius 3 is 2.24 bits per heavy atom. The number of halogens is 1. The van der Waals surface area contributed by atoms with Crippen LogP contribution in [0.25, 0.3) is 5.57 Å². The van der Waals surface area contributed by atoms with Gasteiger partial charge in [-0.05, 0) is 38.1 Å². The van der Waals surface area contributed by atoms with Crippen LogP contribution in [0.3, 0.4) is 0 Å². The molecule has 2 aromatic carbocycles. The number of carbonyl (C=O) groups excluding carboxylic acids is 1. The van der Waals surface area contributed by atoms with Gasteiger partial charge in [0, 0.05) is 5.56 Å². The van der Waals surface area contributed by atoms with E-state index in [4.69, 9.17) is 11.6 Å². The monoisotopic (exact) mass is 381 g/mol. The van der Waals surface area contributed by atoms with Gasteiger partial charge in [-0.15, -0.1) is 0 Å². The minimum atomic E-state index is -3.88. The predicted molar refractivity (Wildman–Crippen MR) is 96.3 cm³/mol. The number of aliphatic hydroxyl groups excluding tert-OH is 1. The summed E-state index contributed by atoms with van der Waals surface area (Å²) in [5.41, 5.74) is -0.174. The number of Topliss-reactive ketones (excluding diaryl/α,β-unsaturated/α-hetero) is 1. The number of benzene rings is 2. The average molecular weight is 382 g/mol. The number of nitrogens with one attached hydrogen (secondary N) is 1. The summed E-state index contributed by atoms with van der Waals surface area (Å²) in [6, 6.07) is 10.1. The molecule has 0 radical (unpaired) electrons. The molecule has 0 atom stereocenters. The lowest BCUT2D eigenvalue weighted by atomic mass is 10.00. The van der Waals surface area contributed by atoms with E-state index in [9.17, 15) is 23.4 Å². The molecule has 0 heterocycles. The maximum Gasteiger partial charge on any atom is 0.261 e. The van der Waals surface area contributed by atoms with Crippen molar-refractivity contribution >= 4 is 38.7 Å². The number of rotatable bonds is 5. The summed E-state index contributed by atoms with van der Waals surface area (Å²) in [7, 11) is -3.88. The van der Waals surface area contributed by atoms with Crippen molar-refractivity contribution in [2.75, 3.05) is 4.72 Å². The van der Waals surface area contributed by atoms with Crippen molar-refractivity contribution in [2.45, 2.75) is 18.7 Å². The minimum Gasteiger partial charge on any atom is -0.512 e. The van der Waals surface area contributed by atoms with Crippen LogP contribution in [0.1, 0.15) is 19.4 Å². The number of ketones is 1. The second-order valence-corrected chi connectivity index (χ2v) is 7.38.